The second-order valence-electron chi connectivity index (χ2n) is 5.02. The summed E-state index contributed by atoms with van der Waals surface area (Å²) >= 11 is 0. The van der Waals surface area contributed by atoms with Crippen molar-refractivity contribution in [2.75, 3.05) is 13.1 Å². The highest BCUT2D eigenvalue weighted by molar-refractivity contribution is 5.94. The van der Waals surface area contributed by atoms with Crippen LogP contribution < -0.4 is 10.6 Å². The molecular weight excluding hydrogens is 285 g/mol. The number of carbonyl (C=O) groups is 1. The van der Waals surface area contributed by atoms with Gasteiger partial charge in [-0.3, -0.25) is 9.78 Å². The van der Waals surface area contributed by atoms with Gasteiger partial charge in [0.15, 0.2) is 0 Å². The maximum atomic E-state index is 12.1. The molecule has 1 saturated heterocycles. The zero-order chi connectivity index (χ0) is 12.3. The van der Waals surface area contributed by atoms with Crippen molar-refractivity contribution >= 4 is 30.7 Å². The summed E-state index contributed by atoms with van der Waals surface area (Å²) in [6.07, 6.45) is 5.31. The first-order valence-electron chi connectivity index (χ1n) is 6.04. The molecule has 0 unspecified atom stereocenters. The first-order valence-corrected chi connectivity index (χ1v) is 6.04. The molecule has 19 heavy (non-hydrogen) atoms. The molecule has 1 aromatic rings. The van der Waals surface area contributed by atoms with Gasteiger partial charge in [-0.1, -0.05) is 0 Å². The predicted molar refractivity (Wildman–Crippen MR) is 81.4 cm³/mol. The second-order valence-corrected chi connectivity index (χ2v) is 5.02. The zero-order valence-corrected chi connectivity index (χ0v) is 12.9. The average Bonchev–Trinajstić information content (AvgIpc) is 2.29. The smallest absolute Gasteiger partial charge is 0.253 e. The van der Waals surface area contributed by atoms with Crippen molar-refractivity contribution in [1.29, 1.82) is 0 Å². The van der Waals surface area contributed by atoms with E-state index in [0.29, 0.717) is 5.56 Å². The monoisotopic (exact) mass is 305 g/mol. The van der Waals surface area contributed by atoms with E-state index in [2.05, 4.69) is 22.5 Å². The minimum absolute atomic E-state index is 0. The molecule has 0 atom stereocenters. The number of nitrogens with one attached hydrogen (secondary N) is 2. The van der Waals surface area contributed by atoms with Crippen molar-refractivity contribution < 1.29 is 4.79 Å². The molecule has 108 valence electrons. The number of carbonyl (C=O) groups excluding carboxylic acids is 1. The zero-order valence-electron chi connectivity index (χ0n) is 11.2. The van der Waals surface area contributed by atoms with E-state index >= 15 is 0 Å². The molecule has 0 aliphatic carbocycles. The average molecular weight is 306 g/mol. The molecule has 1 fully saturated rings. The first kappa shape index (κ1) is 18.2. The van der Waals surface area contributed by atoms with Crippen LogP contribution in [0.3, 0.4) is 0 Å². The molecule has 0 spiro atoms. The number of rotatable bonds is 2. The lowest BCUT2D eigenvalue weighted by Crippen LogP contribution is -2.52. The number of amides is 1. The number of aromatic nitrogens is 1. The molecule has 1 aromatic heterocycles. The maximum Gasteiger partial charge on any atom is 0.253 e. The molecule has 4 nitrogen and oxygen atoms in total. The third kappa shape index (κ3) is 4.97. The van der Waals surface area contributed by atoms with E-state index in [1.807, 2.05) is 13.0 Å². The fourth-order valence-corrected chi connectivity index (χ4v) is 2.13. The minimum atomic E-state index is -0.0912. The van der Waals surface area contributed by atoms with Crippen LogP contribution in [0.1, 0.15) is 35.7 Å². The van der Waals surface area contributed by atoms with E-state index in [1.54, 1.807) is 12.4 Å². The van der Waals surface area contributed by atoms with Crippen LogP contribution in [0.25, 0.3) is 0 Å². The SMILES string of the molecule is Cc1cncc(C(=O)NC2(C)CCNCC2)c1.Cl.Cl. The molecule has 0 radical (unpaired) electrons. The van der Waals surface area contributed by atoms with Gasteiger partial charge in [-0.15, -0.1) is 24.8 Å². The molecule has 1 aliphatic heterocycles. The summed E-state index contributed by atoms with van der Waals surface area (Å²) < 4.78 is 0. The summed E-state index contributed by atoms with van der Waals surface area (Å²) in [6.45, 7) is 5.97. The van der Waals surface area contributed by atoms with Gasteiger partial charge in [0.2, 0.25) is 0 Å². The number of hydrogen-bond donors (Lipinski definition) is 2. The largest absolute Gasteiger partial charge is 0.347 e. The van der Waals surface area contributed by atoms with Crippen LogP contribution in [-0.2, 0) is 0 Å². The number of piperidine rings is 1. The van der Waals surface area contributed by atoms with E-state index in [0.717, 1.165) is 31.5 Å². The Balaban J connectivity index is 0.00000162. The van der Waals surface area contributed by atoms with Crippen LogP contribution in [0.4, 0.5) is 0 Å². The quantitative estimate of drug-likeness (QED) is 0.880. The van der Waals surface area contributed by atoms with Crippen molar-refractivity contribution in [3.05, 3.63) is 29.6 Å². The van der Waals surface area contributed by atoms with Gasteiger partial charge in [-0.2, -0.15) is 0 Å². The number of pyridine rings is 1. The standard InChI is InChI=1S/C13H19N3O.2ClH/c1-10-7-11(9-15-8-10)12(17)16-13(2)3-5-14-6-4-13;;/h7-9,14H,3-6H2,1-2H3,(H,16,17);2*1H. The summed E-state index contributed by atoms with van der Waals surface area (Å²) in [6, 6.07) is 1.87. The second kappa shape index (κ2) is 7.68. The summed E-state index contributed by atoms with van der Waals surface area (Å²) in [4.78, 5) is 16.1. The maximum absolute atomic E-state index is 12.1. The van der Waals surface area contributed by atoms with Gasteiger partial charge >= 0.3 is 0 Å². The van der Waals surface area contributed by atoms with E-state index in [4.69, 9.17) is 0 Å². The number of hydrogen-bond acceptors (Lipinski definition) is 3. The highest BCUT2D eigenvalue weighted by Gasteiger charge is 2.28. The molecule has 2 N–H and O–H groups in total. The fraction of sp³-hybridized carbons (Fsp3) is 0.538. The highest BCUT2D eigenvalue weighted by Crippen LogP contribution is 2.17. The lowest BCUT2D eigenvalue weighted by atomic mass is 9.90. The molecule has 2 heterocycles. The van der Waals surface area contributed by atoms with Crippen molar-refractivity contribution in [1.82, 2.24) is 15.6 Å². The van der Waals surface area contributed by atoms with Gasteiger partial charge in [-0.05, 0) is 51.4 Å². The highest BCUT2D eigenvalue weighted by atomic mass is 35.5. The van der Waals surface area contributed by atoms with Gasteiger partial charge < -0.3 is 10.6 Å². The van der Waals surface area contributed by atoms with Crippen LogP contribution >= 0.6 is 24.8 Å². The van der Waals surface area contributed by atoms with E-state index in [1.165, 1.54) is 0 Å². The lowest BCUT2D eigenvalue weighted by Gasteiger charge is -2.35. The Bertz CT molecular complexity index is 420. The fourth-order valence-electron chi connectivity index (χ4n) is 2.13. The van der Waals surface area contributed by atoms with Gasteiger partial charge in [0.05, 0.1) is 5.56 Å². The Morgan fingerprint density at radius 3 is 2.53 bits per heavy atom. The van der Waals surface area contributed by atoms with Crippen LogP contribution in [0.15, 0.2) is 18.5 Å². The Hall–Kier alpha value is -0.840. The van der Waals surface area contributed by atoms with Crippen molar-refractivity contribution in [3.8, 4) is 0 Å². The van der Waals surface area contributed by atoms with Gasteiger partial charge in [0.1, 0.15) is 0 Å². The Morgan fingerprint density at radius 2 is 1.95 bits per heavy atom. The topological polar surface area (TPSA) is 54.0 Å². The first-order chi connectivity index (χ1) is 8.09. The summed E-state index contributed by atoms with van der Waals surface area (Å²) in [5, 5.41) is 6.42. The molecule has 6 heteroatoms. The van der Waals surface area contributed by atoms with Crippen LogP contribution in [0, 0.1) is 6.92 Å². The summed E-state index contributed by atoms with van der Waals surface area (Å²) in [5.74, 6) is -0.0226. The molecular formula is C13H21Cl2N3O. The van der Waals surface area contributed by atoms with Crippen LogP contribution in [0.5, 0.6) is 0 Å². The minimum Gasteiger partial charge on any atom is -0.347 e. The van der Waals surface area contributed by atoms with Crippen LogP contribution in [-0.4, -0.2) is 29.5 Å². The van der Waals surface area contributed by atoms with Gasteiger partial charge in [-0.25, -0.2) is 0 Å². The van der Waals surface area contributed by atoms with Gasteiger partial charge in [0, 0.05) is 17.9 Å². The van der Waals surface area contributed by atoms with Crippen molar-refractivity contribution in [2.24, 2.45) is 0 Å². The Morgan fingerprint density at radius 1 is 1.32 bits per heavy atom. The number of nitrogens with zero attached hydrogens (tertiary/aromatic N) is 1. The molecule has 0 saturated carbocycles. The third-order valence-electron chi connectivity index (χ3n) is 3.26. The molecule has 2 rings (SSSR count). The lowest BCUT2D eigenvalue weighted by molar-refractivity contribution is 0.0887. The normalized spacial score (nSPS) is 16.7. The predicted octanol–water partition coefficient (Wildman–Crippen LogP) is 2.11. The molecule has 0 bridgehead atoms. The van der Waals surface area contributed by atoms with E-state index in [-0.39, 0.29) is 36.3 Å². The molecule has 0 aromatic carbocycles. The van der Waals surface area contributed by atoms with Crippen molar-refractivity contribution in [2.45, 2.75) is 32.2 Å². The van der Waals surface area contributed by atoms with Gasteiger partial charge in [0.25, 0.3) is 5.91 Å². The third-order valence-corrected chi connectivity index (χ3v) is 3.26. The molecule has 1 aliphatic rings. The van der Waals surface area contributed by atoms with Crippen LogP contribution in [0.2, 0.25) is 0 Å². The Kier molecular flexibility index (Phi) is 7.34. The number of aryl methyl sites for hydroxylation is 1. The molecule has 1 amide bonds. The summed E-state index contributed by atoms with van der Waals surface area (Å²) in [5.41, 5.74) is 1.56. The summed E-state index contributed by atoms with van der Waals surface area (Å²) in [7, 11) is 0. The van der Waals surface area contributed by atoms with E-state index < -0.39 is 0 Å². The van der Waals surface area contributed by atoms with E-state index in [9.17, 15) is 4.79 Å². The Labute approximate surface area is 126 Å². The van der Waals surface area contributed by atoms with Crippen molar-refractivity contribution in [3.63, 3.8) is 0 Å². The number of halogens is 2.